The van der Waals surface area contributed by atoms with Gasteiger partial charge in [0, 0.05) is 84.6 Å². The quantitative estimate of drug-likeness (QED) is 0.0793. The Labute approximate surface area is 377 Å². The molecule has 8 rings (SSSR count). The maximum Gasteiger partial charge on any atom is 0.129 e. The summed E-state index contributed by atoms with van der Waals surface area (Å²) in [7, 11) is 0. The van der Waals surface area contributed by atoms with Gasteiger partial charge in [-0.15, -0.1) is 0 Å². The molecule has 0 radical (unpaired) electrons. The number of pyridine rings is 2. The summed E-state index contributed by atoms with van der Waals surface area (Å²) in [5.41, 5.74) is 6.18. The molecule has 0 spiro atoms. The van der Waals surface area contributed by atoms with E-state index >= 15 is 0 Å². The smallest absolute Gasteiger partial charge is 0.129 e. The predicted octanol–water partition coefficient (Wildman–Crippen LogP) is 11.1. The molecule has 12 heteroatoms. The van der Waals surface area contributed by atoms with Crippen LogP contribution in [0.3, 0.4) is 0 Å². The lowest BCUT2D eigenvalue weighted by Gasteiger charge is -2.37. The van der Waals surface area contributed by atoms with Gasteiger partial charge in [-0.1, -0.05) is 59.6 Å². The average molecular weight is 878 g/mol. The fourth-order valence-corrected chi connectivity index (χ4v) is 8.77. The first kappa shape index (κ1) is 45.0. The van der Waals surface area contributed by atoms with E-state index in [2.05, 4.69) is 84.7 Å². The number of fused-ring (bicyclic) bond motifs is 2. The summed E-state index contributed by atoms with van der Waals surface area (Å²) in [6.45, 7) is 18.4. The zero-order chi connectivity index (χ0) is 44.0. The van der Waals surface area contributed by atoms with Crippen LogP contribution in [0.5, 0.6) is 11.5 Å². The van der Waals surface area contributed by atoms with Gasteiger partial charge in [0.1, 0.15) is 23.1 Å². The maximum absolute atomic E-state index is 10.6. The molecule has 0 bridgehead atoms. The van der Waals surface area contributed by atoms with Crippen LogP contribution in [-0.4, -0.2) is 69.5 Å². The van der Waals surface area contributed by atoms with Crippen LogP contribution in [0, 0.1) is 0 Å². The Balaban J connectivity index is 0.000000186. The van der Waals surface area contributed by atoms with E-state index < -0.39 is 0 Å². The normalized spacial score (nSPS) is 15.4. The zero-order valence-electron chi connectivity index (χ0n) is 36.9. The molecule has 62 heavy (non-hydrogen) atoms. The number of phenolic OH excluding ortho intramolecular Hbond substituents is 2. The Morgan fingerprint density at radius 2 is 0.903 bits per heavy atom. The lowest BCUT2D eigenvalue weighted by atomic mass is 9.99. The molecule has 2 saturated heterocycles. The van der Waals surface area contributed by atoms with E-state index in [-0.39, 0.29) is 22.6 Å². The molecule has 328 valence electrons. The number of benzene rings is 4. The standard InChI is InChI=1S/2C25H31ClN4O/c2*1-25(2,3)29-19-11-13-30(14-12-19)21-15-23(27-16-17-7-9-18(26)10-8-17)28-20-5-4-6-22(31)24(20)21/h2*4-10,15,19,29,31H,11-14,16H2,1-3H3,(H,27,28). The van der Waals surface area contributed by atoms with E-state index in [9.17, 15) is 10.2 Å². The predicted molar refractivity (Wildman–Crippen MR) is 261 cm³/mol. The van der Waals surface area contributed by atoms with Gasteiger partial charge in [-0.05, 0) is 127 Å². The molecule has 0 unspecified atom stereocenters. The molecule has 10 nitrogen and oxygen atoms in total. The van der Waals surface area contributed by atoms with Gasteiger partial charge < -0.3 is 41.3 Å². The lowest BCUT2D eigenvalue weighted by molar-refractivity contribution is 0.317. The second kappa shape index (κ2) is 19.6. The first-order valence-corrected chi connectivity index (χ1v) is 22.6. The van der Waals surface area contributed by atoms with E-state index in [0.717, 1.165) is 118 Å². The number of nitrogens with one attached hydrogen (secondary N) is 4. The number of nitrogens with zero attached hydrogens (tertiary/aromatic N) is 4. The molecule has 0 amide bonds. The fourth-order valence-electron chi connectivity index (χ4n) is 8.52. The second-order valence-corrected chi connectivity index (χ2v) is 19.5. The zero-order valence-corrected chi connectivity index (χ0v) is 38.4. The van der Waals surface area contributed by atoms with Crippen LogP contribution in [0.4, 0.5) is 23.0 Å². The average Bonchev–Trinajstić information content (AvgIpc) is 3.22. The van der Waals surface area contributed by atoms with Crippen LogP contribution in [0.15, 0.2) is 97.1 Å². The van der Waals surface area contributed by atoms with Crippen LogP contribution in [0.2, 0.25) is 10.0 Å². The molecule has 2 aliphatic heterocycles. The molecule has 0 aliphatic carbocycles. The Morgan fingerprint density at radius 1 is 0.548 bits per heavy atom. The molecule has 0 saturated carbocycles. The summed E-state index contributed by atoms with van der Waals surface area (Å²) >= 11 is 12.0. The Hall–Kier alpha value is -5.00. The Morgan fingerprint density at radius 3 is 1.24 bits per heavy atom. The number of anilines is 4. The highest BCUT2D eigenvalue weighted by Gasteiger charge is 2.27. The number of phenols is 2. The number of aromatic hydroxyl groups is 2. The third-order valence-corrected chi connectivity index (χ3v) is 11.8. The second-order valence-electron chi connectivity index (χ2n) is 18.7. The third kappa shape index (κ3) is 12.1. The van der Waals surface area contributed by atoms with Gasteiger partial charge >= 0.3 is 0 Å². The van der Waals surface area contributed by atoms with Crippen molar-refractivity contribution in [1.82, 2.24) is 20.6 Å². The van der Waals surface area contributed by atoms with E-state index in [1.807, 2.05) is 72.8 Å². The van der Waals surface area contributed by atoms with Crippen molar-refractivity contribution in [2.45, 2.75) is 103 Å². The third-order valence-electron chi connectivity index (χ3n) is 11.3. The molecule has 6 aromatic rings. The monoisotopic (exact) mass is 876 g/mol. The minimum Gasteiger partial charge on any atom is -0.507 e. The van der Waals surface area contributed by atoms with Crippen molar-refractivity contribution in [3.8, 4) is 11.5 Å². The topological polar surface area (TPSA) is 121 Å². The van der Waals surface area contributed by atoms with Crippen LogP contribution in [0.1, 0.15) is 78.4 Å². The minimum absolute atomic E-state index is 0.118. The van der Waals surface area contributed by atoms with Crippen molar-refractivity contribution >= 4 is 68.0 Å². The summed E-state index contributed by atoms with van der Waals surface area (Å²) < 4.78 is 0. The first-order chi connectivity index (χ1) is 29.6. The summed E-state index contributed by atoms with van der Waals surface area (Å²) in [6.07, 6.45) is 4.29. The number of hydrogen-bond donors (Lipinski definition) is 6. The van der Waals surface area contributed by atoms with Crippen molar-refractivity contribution in [2.24, 2.45) is 0 Å². The van der Waals surface area contributed by atoms with E-state index in [1.54, 1.807) is 12.1 Å². The van der Waals surface area contributed by atoms with E-state index in [0.29, 0.717) is 25.2 Å². The van der Waals surface area contributed by atoms with Gasteiger partial charge in [-0.25, -0.2) is 9.97 Å². The van der Waals surface area contributed by atoms with Crippen molar-refractivity contribution in [3.05, 3.63) is 118 Å². The highest BCUT2D eigenvalue weighted by Crippen LogP contribution is 2.38. The number of piperidine rings is 2. The van der Waals surface area contributed by atoms with Crippen molar-refractivity contribution < 1.29 is 10.2 Å². The Kier molecular flexibility index (Phi) is 14.2. The molecular weight excluding hydrogens is 816 g/mol. The van der Waals surface area contributed by atoms with E-state index in [4.69, 9.17) is 33.2 Å². The van der Waals surface area contributed by atoms with Gasteiger partial charge in [0.05, 0.1) is 33.2 Å². The molecule has 2 aliphatic rings. The molecule has 4 heterocycles. The van der Waals surface area contributed by atoms with Gasteiger partial charge in [-0.3, -0.25) is 0 Å². The highest BCUT2D eigenvalue weighted by atomic mass is 35.5. The summed E-state index contributed by atoms with van der Waals surface area (Å²) in [5.74, 6) is 2.16. The van der Waals surface area contributed by atoms with Crippen LogP contribution in [-0.2, 0) is 13.1 Å². The van der Waals surface area contributed by atoms with Gasteiger partial charge in [-0.2, -0.15) is 0 Å². The fraction of sp³-hybridized carbons (Fsp3) is 0.400. The molecule has 0 atom stereocenters. The summed E-state index contributed by atoms with van der Waals surface area (Å²) in [5, 5.41) is 38.6. The largest absolute Gasteiger partial charge is 0.507 e. The highest BCUT2D eigenvalue weighted by molar-refractivity contribution is 6.30. The molecule has 6 N–H and O–H groups in total. The number of aromatic nitrogens is 2. The van der Waals surface area contributed by atoms with Crippen molar-refractivity contribution in [1.29, 1.82) is 0 Å². The van der Waals surface area contributed by atoms with Gasteiger partial charge in [0.2, 0.25) is 0 Å². The van der Waals surface area contributed by atoms with Crippen molar-refractivity contribution in [2.75, 3.05) is 46.6 Å². The Bertz CT molecular complexity index is 2250. The lowest BCUT2D eigenvalue weighted by Crippen LogP contribution is -2.49. The summed E-state index contributed by atoms with van der Waals surface area (Å²) in [6, 6.07) is 31.9. The van der Waals surface area contributed by atoms with Gasteiger partial charge in [0.15, 0.2) is 0 Å². The van der Waals surface area contributed by atoms with Gasteiger partial charge in [0.25, 0.3) is 0 Å². The number of rotatable bonds is 10. The SMILES string of the molecule is CC(C)(C)NC1CCN(c2cc(NCc3ccc(Cl)cc3)nc3cccc(O)c23)CC1.CC(C)(C)NC1CCN(c2cc(NCc3ccc(Cl)cc3)nc3cccc(O)c23)CC1. The maximum atomic E-state index is 10.6. The molecule has 2 aromatic heterocycles. The summed E-state index contributed by atoms with van der Waals surface area (Å²) in [4.78, 5) is 14.2. The number of hydrogen-bond acceptors (Lipinski definition) is 10. The molecule has 2 fully saturated rings. The van der Waals surface area contributed by atoms with Crippen LogP contribution >= 0.6 is 23.2 Å². The van der Waals surface area contributed by atoms with E-state index in [1.165, 1.54) is 0 Å². The number of halogens is 2. The van der Waals surface area contributed by atoms with Crippen LogP contribution in [0.25, 0.3) is 21.8 Å². The first-order valence-electron chi connectivity index (χ1n) is 21.8. The molecule has 4 aromatic carbocycles. The van der Waals surface area contributed by atoms with Crippen LogP contribution < -0.4 is 31.1 Å². The molecular formula is C50H62Cl2N8O2. The minimum atomic E-state index is 0.118. The van der Waals surface area contributed by atoms with Crippen molar-refractivity contribution in [3.63, 3.8) is 0 Å².